The molecule has 0 spiro atoms. The van der Waals surface area contributed by atoms with Crippen LogP contribution in [0, 0.1) is 0 Å². The van der Waals surface area contributed by atoms with Crippen LogP contribution >= 0.6 is 15.9 Å². The van der Waals surface area contributed by atoms with Gasteiger partial charge in [0, 0.05) is 44.5 Å². The second kappa shape index (κ2) is 6.70. The quantitative estimate of drug-likeness (QED) is 0.603. The van der Waals surface area contributed by atoms with Gasteiger partial charge < -0.3 is 9.47 Å². The van der Waals surface area contributed by atoms with Crippen molar-refractivity contribution in [1.29, 1.82) is 0 Å². The second-order valence-corrected chi connectivity index (χ2v) is 7.39. The average molecular weight is 440 g/mol. The first-order valence-electron chi connectivity index (χ1n) is 8.49. The molecule has 4 rings (SSSR count). The third-order valence-electron chi connectivity index (χ3n) is 4.60. The minimum atomic E-state index is -4.44. The van der Waals surface area contributed by atoms with E-state index in [4.69, 9.17) is 0 Å². The monoisotopic (exact) mass is 439 g/mol. The molecule has 0 bridgehead atoms. The van der Waals surface area contributed by atoms with Gasteiger partial charge in [0.1, 0.15) is 16.2 Å². The Bertz CT molecular complexity index is 959. The maximum atomic E-state index is 12.9. The SMILES string of the molecule is Cn1cc(C(F)(F)F)nc1-c1ccc(CN2CCCn3nc(Br)cc32)cc1. The van der Waals surface area contributed by atoms with Crippen LogP contribution in [0.4, 0.5) is 19.0 Å². The summed E-state index contributed by atoms with van der Waals surface area (Å²) in [5.74, 6) is 1.37. The number of aromatic nitrogens is 4. The average Bonchev–Trinajstić information content (AvgIpc) is 3.18. The lowest BCUT2D eigenvalue weighted by Crippen LogP contribution is -2.31. The van der Waals surface area contributed by atoms with Crippen LogP contribution in [0.25, 0.3) is 11.4 Å². The molecule has 5 nitrogen and oxygen atoms in total. The number of alkyl halides is 3. The number of fused-ring (bicyclic) bond motifs is 1. The molecule has 0 fully saturated rings. The molecule has 0 N–H and O–H groups in total. The molecule has 3 heterocycles. The molecule has 3 aromatic rings. The van der Waals surface area contributed by atoms with E-state index in [1.807, 2.05) is 35.0 Å². The van der Waals surface area contributed by atoms with Gasteiger partial charge in [0.2, 0.25) is 0 Å². The fraction of sp³-hybridized carbons (Fsp3) is 0.333. The van der Waals surface area contributed by atoms with Crippen LogP contribution in [-0.4, -0.2) is 25.9 Å². The number of nitrogens with zero attached hydrogens (tertiary/aromatic N) is 5. The normalized spacial score (nSPS) is 14.5. The Morgan fingerprint density at radius 2 is 1.89 bits per heavy atom. The maximum absolute atomic E-state index is 12.9. The zero-order valence-electron chi connectivity index (χ0n) is 14.5. The van der Waals surface area contributed by atoms with Gasteiger partial charge in [0.15, 0.2) is 5.69 Å². The lowest BCUT2D eigenvalue weighted by molar-refractivity contribution is -0.140. The predicted molar refractivity (Wildman–Crippen MR) is 99.2 cm³/mol. The van der Waals surface area contributed by atoms with E-state index < -0.39 is 11.9 Å². The largest absolute Gasteiger partial charge is 0.434 e. The van der Waals surface area contributed by atoms with Crippen molar-refractivity contribution in [3.05, 3.63) is 52.4 Å². The maximum Gasteiger partial charge on any atom is 0.434 e. The summed E-state index contributed by atoms with van der Waals surface area (Å²) in [7, 11) is 1.57. The van der Waals surface area contributed by atoms with Crippen LogP contribution in [0.2, 0.25) is 0 Å². The first kappa shape index (κ1) is 18.1. The summed E-state index contributed by atoms with van der Waals surface area (Å²) in [5, 5.41) is 4.42. The van der Waals surface area contributed by atoms with E-state index >= 15 is 0 Å². The first-order chi connectivity index (χ1) is 12.8. The van der Waals surface area contributed by atoms with Crippen LogP contribution in [-0.2, 0) is 26.3 Å². The molecule has 0 aliphatic carbocycles. The number of imidazole rings is 1. The van der Waals surface area contributed by atoms with Gasteiger partial charge in [0.25, 0.3) is 0 Å². The Balaban J connectivity index is 1.55. The molecule has 27 heavy (non-hydrogen) atoms. The Hall–Kier alpha value is -2.29. The molecule has 142 valence electrons. The van der Waals surface area contributed by atoms with Crippen molar-refractivity contribution < 1.29 is 13.2 Å². The van der Waals surface area contributed by atoms with Gasteiger partial charge in [-0.15, -0.1) is 0 Å². The van der Waals surface area contributed by atoms with Crippen molar-refractivity contribution in [3.8, 4) is 11.4 Å². The van der Waals surface area contributed by atoms with E-state index in [0.717, 1.165) is 41.7 Å². The highest BCUT2D eigenvalue weighted by molar-refractivity contribution is 9.10. The number of aryl methyl sites for hydroxylation is 2. The summed E-state index contributed by atoms with van der Waals surface area (Å²) in [4.78, 5) is 5.99. The molecule has 0 amide bonds. The van der Waals surface area contributed by atoms with E-state index in [1.54, 1.807) is 7.05 Å². The summed E-state index contributed by atoms with van der Waals surface area (Å²) in [6.45, 7) is 2.55. The van der Waals surface area contributed by atoms with E-state index in [-0.39, 0.29) is 0 Å². The zero-order valence-corrected chi connectivity index (χ0v) is 16.1. The van der Waals surface area contributed by atoms with Crippen LogP contribution in [0.1, 0.15) is 17.7 Å². The van der Waals surface area contributed by atoms with Gasteiger partial charge in [-0.2, -0.15) is 18.3 Å². The highest BCUT2D eigenvalue weighted by Crippen LogP contribution is 2.31. The van der Waals surface area contributed by atoms with Crippen LogP contribution in [0.5, 0.6) is 0 Å². The molecule has 0 saturated heterocycles. The van der Waals surface area contributed by atoms with Crippen molar-refractivity contribution in [2.45, 2.75) is 25.7 Å². The molecule has 9 heteroatoms. The molecule has 1 aliphatic heterocycles. The Kier molecular flexibility index (Phi) is 4.49. The van der Waals surface area contributed by atoms with Gasteiger partial charge in [-0.05, 0) is 27.9 Å². The van der Waals surface area contributed by atoms with Gasteiger partial charge >= 0.3 is 6.18 Å². The van der Waals surface area contributed by atoms with Gasteiger partial charge in [0.05, 0.1) is 0 Å². The molecular weight excluding hydrogens is 423 g/mol. The van der Waals surface area contributed by atoms with Gasteiger partial charge in [-0.3, -0.25) is 0 Å². The number of benzene rings is 1. The Labute approximate surface area is 162 Å². The molecule has 0 radical (unpaired) electrons. The van der Waals surface area contributed by atoms with E-state index in [0.29, 0.717) is 17.9 Å². The fourth-order valence-electron chi connectivity index (χ4n) is 3.33. The van der Waals surface area contributed by atoms with Crippen LogP contribution < -0.4 is 4.90 Å². The smallest absolute Gasteiger partial charge is 0.352 e. The second-order valence-electron chi connectivity index (χ2n) is 6.58. The molecular formula is C18H17BrF3N5. The molecule has 0 atom stereocenters. The summed E-state index contributed by atoms with van der Waals surface area (Å²) in [6.07, 6.45) is -2.41. The number of halogens is 4. The Morgan fingerprint density at radius 3 is 2.56 bits per heavy atom. The molecule has 1 aliphatic rings. The van der Waals surface area contributed by atoms with Crippen molar-refractivity contribution in [1.82, 2.24) is 19.3 Å². The first-order valence-corrected chi connectivity index (χ1v) is 9.29. The molecule has 1 aromatic carbocycles. The number of hydrogen-bond donors (Lipinski definition) is 0. The van der Waals surface area contributed by atoms with Crippen molar-refractivity contribution in [3.63, 3.8) is 0 Å². The minimum Gasteiger partial charge on any atom is -0.352 e. The number of anilines is 1. The lowest BCUT2D eigenvalue weighted by Gasteiger charge is -2.29. The van der Waals surface area contributed by atoms with Gasteiger partial charge in [-0.1, -0.05) is 24.3 Å². The number of hydrogen-bond acceptors (Lipinski definition) is 3. The summed E-state index contributed by atoms with van der Waals surface area (Å²) in [5.41, 5.74) is 0.856. The van der Waals surface area contributed by atoms with E-state index in [2.05, 4.69) is 30.9 Å². The molecule has 0 unspecified atom stereocenters. The third kappa shape index (κ3) is 3.60. The van der Waals surface area contributed by atoms with Crippen LogP contribution in [0.3, 0.4) is 0 Å². The lowest BCUT2D eigenvalue weighted by atomic mass is 10.1. The molecule has 2 aromatic heterocycles. The predicted octanol–water partition coefficient (Wildman–Crippen LogP) is 4.48. The van der Waals surface area contributed by atoms with Crippen molar-refractivity contribution in [2.24, 2.45) is 7.05 Å². The Morgan fingerprint density at radius 1 is 1.15 bits per heavy atom. The summed E-state index contributed by atoms with van der Waals surface area (Å²) >= 11 is 3.42. The van der Waals surface area contributed by atoms with E-state index in [9.17, 15) is 13.2 Å². The van der Waals surface area contributed by atoms with E-state index in [1.165, 1.54) is 4.57 Å². The minimum absolute atomic E-state index is 0.300. The topological polar surface area (TPSA) is 38.9 Å². The molecule has 0 saturated carbocycles. The van der Waals surface area contributed by atoms with Gasteiger partial charge in [-0.25, -0.2) is 9.67 Å². The highest BCUT2D eigenvalue weighted by Gasteiger charge is 2.34. The highest BCUT2D eigenvalue weighted by atomic mass is 79.9. The zero-order chi connectivity index (χ0) is 19.2. The van der Waals surface area contributed by atoms with Crippen LogP contribution in [0.15, 0.2) is 41.1 Å². The third-order valence-corrected chi connectivity index (χ3v) is 4.99. The summed E-state index contributed by atoms with van der Waals surface area (Å²) < 4.78 is 42.8. The fourth-order valence-corrected chi connectivity index (χ4v) is 3.73. The van der Waals surface area contributed by atoms with Crippen molar-refractivity contribution in [2.75, 3.05) is 11.4 Å². The van der Waals surface area contributed by atoms with Crippen molar-refractivity contribution >= 4 is 21.7 Å². The summed E-state index contributed by atoms with van der Waals surface area (Å²) in [6, 6.07) is 9.49. The standard InChI is InChI=1S/C18H17BrF3N5/c1-25-11-14(18(20,21)22)23-17(25)13-5-3-12(4-6-13)10-26-7-2-8-27-16(26)9-15(19)24-27/h3-6,9,11H,2,7-8,10H2,1H3. The number of rotatable bonds is 3.